The molecule has 1 aromatic carbocycles. The molecule has 0 saturated carbocycles. The molecule has 0 atom stereocenters. The van der Waals surface area contributed by atoms with Gasteiger partial charge in [-0.1, -0.05) is 17.7 Å². The monoisotopic (exact) mass is 411 g/mol. The number of halogens is 1. The molecule has 1 amide bonds. The summed E-state index contributed by atoms with van der Waals surface area (Å²) in [5.74, 6) is 1.21. The third kappa shape index (κ3) is 5.03. The third-order valence-corrected chi connectivity index (χ3v) is 4.68. The van der Waals surface area contributed by atoms with E-state index in [-0.39, 0.29) is 6.54 Å². The Kier molecular flexibility index (Phi) is 6.34. The zero-order chi connectivity index (χ0) is 21.0. The lowest BCUT2D eigenvalue weighted by molar-refractivity contribution is 0.200. The molecule has 7 heteroatoms. The number of nitrogens with zero attached hydrogens (tertiary/aromatic N) is 2. The van der Waals surface area contributed by atoms with Crippen molar-refractivity contribution < 1.29 is 14.3 Å². The molecule has 0 aliphatic rings. The van der Waals surface area contributed by atoms with Gasteiger partial charge in [-0.25, -0.2) is 9.78 Å². The van der Waals surface area contributed by atoms with Crippen molar-refractivity contribution in [2.24, 2.45) is 0 Å². The maximum absolute atomic E-state index is 12.3. The number of methoxy groups -OCH3 is 1. The number of pyridine rings is 2. The molecule has 0 aliphatic carbocycles. The summed E-state index contributed by atoms with van der Waals surface area (Å²) in [5.41, 5.74) is 5.29. The summed E-state index contributed by atoms with van der Waals surface area (Å²) in [5, 5.41) is 3.14. The number of carbonyl (C=O) groups is 1. The Morgan fingerprint density at radius 3 is 2.62 bits per heavy atom. The standard InChI is InChI=1S/C22H22ClN3O3/c1-13-7-17(16-5-6-24-20(23)10-16)9-18(8-13)29-22(27)26-12-19-15(3)21(28-4)14(2)11-25-19/h5-11H,12H2,1-4H3,(H,26,27). The van der Waals surface area contributed by atoms with Crippen LogP contribution in [0.1, 0.15) is 22.4 Å². The minimum Gasteiger partial charge on any atom is -0.496 e. The van der Waals surface area contributed by atoms with E-state index in [0.29, 0.717) is 10.9 Å². The third-order valence-electron chi connectivity index (χ3n) is 4.47. The van der Waals surface area contributed by atoms with E-state index in [1.54, 1.807) is 37.7 Å². The van der Waals surface area contributed by atoms with E-state index in [4.69, 9.17) is 21.1 Å². The van der Waals surface area contributed by atoms with Gasteiger partial charge >= 0.3 is 6.09 Å². The van der Waals surface area contributed by atoms with Gasteiger partial charge in [0.1, 0.15) is 16.7 Å². The van der Waals surface area contributed by atoms with Crippen LogP contribution in [-0.2, 0) is 6.54 Å². The van der Waals surface area contributed by atoms with Crippen molar-refractivity contribution in [3.63, 3.8) is 0 Å². The molecule has 150 valence electrons. The Hall–Kier alpha value is -3.12. The second kappa shape index (κ2) is 8.92. The zero-order valence-electron chi connectivity index (χ0n) is 16.7. The van der Waals surface area contributed by atoms with E-state index in [2.05, 4.69) is 15.3 Å². The smallest absolute Gasteiger partial charge is 0.412 e. The molecule has 2 heterocycles. The molecule has 0 radical (unpaired) electrons. The van der Waals surface area contributed by atoms with Crippen molar-refractivity contribution >= 4 is 17.7 Å². The first-order chi connectivity index (χ1) is 13.9. The number of amides is 1. The van der Waals surface area contributed by atoms with Gasteiger partial charge in [-0.05, 0) is 61.7 Å². The van der Waals surface area contributed by atoms with E-state index >= 15 is 0 Å². The van der Waals surface area contributed by atoms with Crippen LogP contribution >= 0.6 is 11.6 Å². The number of hydrogen-bond acceptors (Lipinski definition) is 5. The summed E-state index contributed by atoms with van der Waals surface area (Å²) in [6.45, 7) is 6.01. The molecule has 3 rings (SSSR count). The quantitative estimate of drug-likeness (QED) is 0.597. The molecule has 0 unspecified atom stereocenters. The maximum atomic E-state index is 12.3. The topological polar surface area (TPSA) is 73.3 Å². The van der Waals surface area contributed by atoms with Gasteiger partial charge in [0.15, 0.2) is 0 Å². The summed E-state index contributed by atoms with van der Waals surface area (Å²) < 4.78 is 10.9. The van der Waals surface area contributed by atoms with Gasteiger partial charge in [-0.2, -0.15) is 0 Å². The van der Waals surface area contributed by atoms with Crippen LogP contribution in [0.2, 0.25) is 5.15 Å². The maximum Gasteiger partial charge on any atom is 0.412 e. The van der Waals surface area contributed by atoms with Gasteiger partial charge in [-0.3, -0.25) is 4.98 Å². The average Bonchev–Trinajstić information content (AvgIpc) is 2.67. The molecule has 6 nitrogen and oxygen atoms in total. The summed E-state index contributed by atoms with van der Waals surface area (Å²) in [4.78, 5) is 20.7. The fraction of sp³-hybridized carbons (Fsp3) is 0.227. The van der Waals surface area contributed by atoms with E-state index < -0.39 is 6.09 Å². The molecule has 0 saturated heterocycles. The van der Waals surface area contributed by atoms with Gasteiger partial charge in [0.25, 0.3) is 0 Å². The number of carbonyl (C=O) groups excluding carboxylic acids is 1. The van der Waals surface area contributed by atoms with Crippen molar-refractivity contribution in [3.05, 3.63) is 70.3 Å². The minimum absolute atomic E-state index is 0.236. The first-order valence-corrected chi connectivity index (χ1v) is 9.43. The first-order valence-electron chi connectivity index (χ1n) is 9.05. The van der Waals surface area contributed by atoms with E-state index in [1.807, 2.05) is 32.9 Å². The molecular weight excluding hydrogens is 390 g/mol. The normalized spacial score (nSPS) is 10.5. The number of nitrogens with one attached hydrogen (secondary N) is 1. The number of rotatable bonds is 5. The fourth-order valence-corrected chi connectivity index (χ4v) is 3.28. The largest absolute Gasteiger partial charge is 0.496 e. The molecule has 0 bridgehead atoms. The molecule has 3 aromatic rings. The summed E-state index contributed by atoms with van der Waals surface area (Å²) in [7, 11) is 1.62. The van der Waals surface area contributed by atoms with Crippen molar-refractivity contribution in [2.75, 3.05) is 7.11 Å². The highest BCUT2D eigenvalue weighted by Gasteiger charge is 2.12. The predicted molar refractivity (Wildman–Crippen MR) is 113 cm³/mol. The van der Waals surface area contributed by atoms with Crippen LogP contribution in [-0.4, -0.2) is 23.2 Å². The Morgan fingerprint density at radius 2 is 1.90 bits per heavy atom. The van der Waals surface area contributed by atoms with Gasteiger partial charge in [0.05, 0.1) is 19.3 Å². The minimum atomic E-state index is -0.560. The second-order valence-electron chi connectivity index (χ2n) is 6.69. The highest BCUT2D eigenvalue weighted by atomic mass is 35.5. The van der Waals surface area contributed by atoms with Crippen LogP contribution in [0.5, 0.6) is 11.5 Å². The van der Waals surface area contributed by atoms with Crippen molar-refractivity contribution in [1.82, 2.24) is 15.3 Å². The van der Waals surface area contributed by atoms with E-state index in [1.165, 1.54) is 0 Å². The predicted octanol–water partition coefficient (Wildman–Crippen LogP) is 5.02. The number of aryl methyl sites for hydroxylation is 2. The molecule has 1 N–H and O–H groups in total. The Bertz CT molecular complexity index is 1050. The van der Waals surface area contributed by atoms with Crippen LogP contribution in [0, 0.1) is 20.8 Å². The van der Waals surface area contributed by atoms with Crippen LogP contribution in [0.4, 0.5) is 4.79 Å². The van der Waals surface area contributed by atoms with E-state index in [9.17, 15) is 4.79 Å². The lowest BCUT2D eigenvalue weighted by atomic mass is 10.0. The van der Waals surface area contributed by atoms with Crippen LogP contribution < -0.4 is 14.8 Å². The number of aromatic nitrogens is 2. The highest BCUT2D eigenvalue weighted by molar-refractivity contribution is 6.29. The molecule has 0 aliphatic heterocycles. The Balaban J connectivity index is 1.71. The van der Waals surface area contributed by atoms with Crippen molar-refractivity contribution in [2.45, 2.75) is 27.3 Å². The van der Waals surface area contributed by atoms with Gasteiger partial charge in [0, 0.05) is 23.5 Å². The average molecular weight is 412 g/mol. The molecule has 0 fully saturated rings. The molecule has 0 spiro atoms. The SMILES string of the molecule is COc1c(C)cnc(CNC(=O)Oc2cc(C)cc(-c3ccnc(Cl)c3)c2)c1C. The van der Waals surface area contributed by atoms with Gasteiger partial charge in [-0.15, -0.1) is 0 Å². The number of benzene rings is 1. The van der Waals surface area contributed by atoms with E-state index in [0.717, 1.165) is 39.3 Å². The molecular formula is C22H22ClN3O3. The molecule has 29 heavy (non-hydrogen) atoms. The van der Waals surface area contributed by atoms with Crippen LogP contribution in [0.3, 0.4) is 0 Å². The Labute approximate surface area is 174 Å². The lowest BCUT2D eigenvalue weighted by Crippen LogP contribution is -2.27. The summed E-state index contributed by atoms with van der Waals surface area (Å²) in [6.07, 6.45) is 2.80. The van der Waals surface area contributed by atoms with Crippen LogP contribution in [0.15, 0.2) is 42.7 Å². The second-order valence-corrected chi connectivity index (χ2v) is 7.08. The van der Waals surface area contributed by atoms with Crippen LogP contribution in [0.25, 0.3) is 11.1 Å². The Morgan fingerprint density at radius 1 is 1.10 bits per heavy atom. The van der Waals surface area contributed by atoms with Crippen molar-refractivity contribution in [1.29, 1.82) is 0 Å². The number of hydrogen-bond donors (Lipinski definition) is 1. The van der Waals surface area contributed by atoms with Crippen molar-refractivity contribution in [3.8, 4) is 22.6 Å². The first kappa shape index (κ1) is 20.6. The molecule has 2 aromatic heterocycles. The van der Waals surface area contributed by atoms with Gasteiger partial charge in [0.2, 0.25) is 0 Å². The summed E-state index contributed by atoms with van der Waals surface area (Å²) >= 11 is 5.98. The summed E-state index contributed by atoms with van der Waals surface area (Å²) in [6, 6.07) is 9.19. The zero-order valence-corrected chi connectivity index (χ0v) is 17.5. The fourth-order valence-electron chi connectivity index (χ4n) is 3.10. The lowest BCUT2D eigenvalue weighted by Gasteiger charge is -2.13. The highest BCUT2D eigenvalue weighted by Crippen LogP contribution is 2.27. The number of ether oxygens (including phenoxy) is 2. The van der Waals surface area contributed by atoms with Gasteiger partial charge < -0.3 is 14.8 Å².